The molecule has 32 heavy (non-hydrogen) atoms. The molecule has 3 rings (SSSR count). The third-order valence-electron chi connectivity index (χ3n) is 4.43. The molecular weight excluding hydrogens is 430 g/mol. The molecule has 10 heteroatoms. The molecule has 1 atom stereocenters. The van der Waals surface area contributed by atoms with Crippen LogP contribution in [0.5, 0.6) is 0 Å². The molecule has 0 amide bonds. The molecule has 2 aromatic carbocycles. The normalized spacial score (nSPS) is 13.2. The number of sulfonamides is 1. The number of tetrazole rings is 1. The SMILES string of the molecule is CC(C)[C@@H](NS(=O)(=O)c1ccc(-c2nnn(-c3ccccc3)n2)cc1)C(=O)OC(C)(C)C. The molecule has 0 saturated carbocycles. The van der Waals surface area contributed by atoms with E-state index in [0.717, 1.165) is 5.69 Å². The highest BCUT2D eigenvalue weighted by Gasteiger charge is 2.32. The van der Waals surface area contributed by atoms with Gasteiger partial charge in [0.1, 0.15) is 11.6 Å². The Balaban J connectivity index is 1.78. The standard InChI is InChI=1S/C22H27N5O4S/c1-15(2)19(21(28)31-22(3,4)5)25-32(29,30)18-13-11-16(12-14-18)20-23-26-27(24-20)17-9-7-6-8-10-17/h6-15,19,25H,1-5H3/t19-/m1/s1. The molecule has 0 aliphatic carbocycles. The van der Waals surface area contributed by atoms with Crippen LogP contribution < -0.4 is 4.72 Å². The summed E-state index contributed by atoms with van der Waals surface area (Å²) in [5.74, 6) is -0.551. The predicted molar refractivity (Wildman–Crippen MR) is 119 cm³/mol. The van der Waals surface area contributed by atoms with E-state index in [4.69, 9.17) is 4.74 Å². The number of hydrogen-bond donors (Lipinski definition) is 1. The summed E-state index contributed by atoms with van der Waals surface area (Å²) in [7, 11) is -3.95. The van der Waals surface area contributed by atoms with Crippen molar-refractivity contribution in [2.45, 2.75) is 51.2 Å². The Morgan fingerprint density at radius 2 is 1.66 bits per heavy atom. The molecule has 9 nitrogen and oxygen atoms in total. The first kappa shape index (κ1) is 23.6. The minimum Gasteiger partial charge on any atom is -0.459 e. The topological polar surface area (TPSA) is 116 Å². The van der Waals surface area contributed by atoms with Crippen molar-refractivity contribution in [1.82, 2.24) is 24.9 Å². The fraction of sp³-hybridized carbons (Fsp3) is 0.364. The summed E-state index contributed by atoms with van der Waals surface area (Å²) in [6.45, 7) is 8.70. The van der Waals surface area contributed by atoms with Crippen molar-refractivity contribution in [2.24, 2.45) is 5.92 Å². The van der Waals surface area contributed by atoms with Gasteiger partial charge in [-0.3, -0.25) is 4.79 Å². The summed E-state index contributed by atoms with van der Waals surface area (Å²) in [6.07, 6.45) is 0. The number of rotatable bonds is 7. The van der Waals surface area contributed by atoms with Gasteiger partial charge in [0, 0.05) is 5.56 Å². The molecule has 0 bridgehead atoms. The Labute approximate surface area is 187 Å². The van der Waals surface area contributed by atoms with Crippen molar-refractivity contribution in [3.05, 3.63) is 54.6 Å². The minimum atomic E-state index is -3.95. The van der Waals surface area contributed by atoms with E-state index >= 15 is 0 Å². The maximum Gasteiger partial charge on any atom is 0.324 e. The van der Waals surface area contributed by atoms with Gasteiger partial charge in [0.05, 0.1) is 10.6 Å². The van der Waals surface area contributed by atoms with Crippen molar-refractivity contribution < 1.29 is 17.9 Å². The lowest BCUT2D eigenvalue weighted by Crippen LogP contribution is -2.47. The molecule has 0 unspecified atom stereocenters. The van der Waals surface area contributed by atoms with Crippen LogP contribution >= 0.6 is 0 Å². The van der Waals surface area contributed by atoms with Crippen LogP contribution in [0.25, 0.3) is 17.1 Å². The van der Waals surface area contributed by atoms with Crippen molar-refractivity contribution in [1.29, 1.82) is 0 Å². The number of benzene rings is 2. The number of carbonyl (C=O) groups excluding carboxylic acids is 1. The van der Waals surface area contributed by atoms with Gasteiger partial charge in [-0.15, -0.1) is 15.0 Å². The van der Waals surface area contributed by atoms with Crippen LogP contribution in [0, 0.1) is 5.92 Å². The van der Waals surface area contributed by atoms with Crippen LogP contribution in [-0.4, -0.2) is 46.2 Å². The summed E-state index contributed by atoms with van der Waals surface area (Å²) < 4.78 is 33.6. The summed E-state index contributed by atoms with van der Waals surface area (Å²) in [5, 5.41) is 12.4. The van der Waals surface area contributed by atoms with Crippen molar-refractivity contribution in [2.75, 3.05) is 0 Å². The van der Waals surface area contributed by atoms with E-state index in [1.807, 2.05) is 30.3 Å². The van der Waals surface area contributed by atoms with Crippen LogP contribution in [0.4, 0.5) is 0 Å². The number of para-hydroxylation sites is 1. The minimum absolute atomic E-state index is 0.0194. The van der Waals surface area contributed by atoms with Gasteiger partial charge in [-0.05, 0) is 68.3 Å². The van der Waals surface area contributed by atoms with Gasteiger partial charge in [-0.25, -0.2) is 8.42 Å². The third kappa shape index (κ3) is 5.77. The first-order valence-corrected chi connectivity index (χ1v) is 11.7. The summed E-state index contributed by atoms with van der Waals surface area (Å²) in [4.78, 5) is 13.9. The highest BCUT2D eigenvalue weighted by Crippen LogP contribution is 2.20. The van der Waals surface area contributed by atoms with Crippen LogP contribution in [-0.2, 0) is 19.6 Å². The zero-order chi connectivity index (χ0) is 23.5. The molecule has 170 valence electrons. The Hall–Kier alpha value is -3.11. The number of esters is 1. The quantitative estimate of drug-likeness (QED) is 0.542. The van der Waals surface area contributed by atoms with Crippen molar-refractivity contribution in [3.63, 3.8) is 0 Å². The van der Waals surface area contributed by atoms with Crippen LogP contribution in [0.15, 0.2) is 59.5 Å². The molecular formula is C22H27N5O4S. The highest BCUT2D eigenvalue weighted by atomic mass is 32.2. The second-order valence-corrected chi connectivity index (χ2v) is 10.4. The number of aromatic nitrogens is 4. The van der Waals surface area contributed by atoms with E-state index in [0.29, 0.717) is 11.4 Å². The molecule has 0 fully saturated rings. The number of ether oxygens (including phenoxy) is 1. The Morgan fingerprint density at radius 3 is 2.22 bits per heavy atom. The van der Waals surface area contributed by atoms with Gasteiger partial charge < -0.3 is 4.74 Å². The third-order valence-corrected chi connectivity index (χ3v) is 5.89. The van der Waals surface area contributed by atoms with E-state index < -0.39 is 27.6 Å². The van der Waals surface area contributed by atoms with Crippen molar-refractivity contribution in [3.8, 4) is 17.1 Å². The lowest BCUT2D eigenvalue weighted by molar-refractivity contribution is -0.158. The summed E-state index contributed by atoms with van der Waals surface area (Å²) >= 11 is 0. The molecule has 3 aromatic rings. The Kier molecular flexibility index (Phi) is 6.75. The average Bonchev–Trinajstić information content (AvgIpc) is 3.21. The number of hydrogen-bond acceptors (Lipinski definition) is 7. The molecule has 0 spiro atoms. The molecule has 1 aromatic heterocycles. The molecule has 0 aliphatic rings. The van der Waals surface area contributed by atoms with Gasteiger partial charge in [-0.2, -0.15) is 4.72 Å². The zero-order valence-electron chi connectivity index (χ0n) is 18.7. The van der Waals surface area contributed by atoms with Gasteiger partial charge >= 0.3 is 5.97 Å². The van der Waals surface area contributed by atoms with Crippen LogP contribution in [0.3, 0.4) is 0 Å². The van der Waals surface area contributed by atoms with Crippen molar-refractivity contribution >= 4 is 16.0 Å². The highest BCUT2D eigenvalue weighted by molar-refractivity contribution is 7.89. The Bertz CT molecular complexity index is 1170. The van der Waals surface area contributed by atoms with E-state index in [-0.39, 0.29) is 10.8 Å². The van der Waals surface area contributed by atoms with Gasteiger partial charge in [0.25, 0.3) is 0 Å². The van der Waals surface area contributed by atoms with E-state index in [1.54, 1.807) is 46.8 Å². The van der Waals surface area contributed by atoms with Gasteiger partial charge in [0.15, 0.2) is 0 Å². The largest absolute Gasteiger partial charge is 0.459 e. The molecule has 0 aliphatic heterocycles. The number of carbonyl (C=O) groups is 1. The van der Waals surface area contributed by atoms with Gasteiger partial charge in [0.2, 0.25) is 15.8 Å². The van der Waals surface area contributed by atoms with E-state index in [9.17, 15) is 13.2 Å². The first-order chi connectivity index (χ1) is 15.0. The van der Waals surface area contributed by atoms with Gasteiger partial charge in [-0.1, -0.05) is 32.0 Å². The fourth-order valence-electron chi connectivity index (χ4n) is 2.84. The summed E-state index contributed by atoms with van der Waals surface area (Å²) in [6, 6.07) is 14.4. The molecule has 0 radical (unpaired) electrons. The average molecular weight is 458 g/mol. The second-order valence-electron chi connectivity index (χ2n) is 8.64. The zero-order valence-corrected chi connectivity index (χ0v) is 19.5. The fourth-order valence-corrected chi connectivity index (χ4v) is 4.17. The van der Waals surface area contributed by atoms with Crippen LogP contribution in [0.1, 0.15) is 34.6 Å². The maximum absolute atomic E-state index is 12.9. The maximum atomic E-state index is 12.9. The first-order valence-electron chi connectivity index (χ1n) is 10.2. The van der Waals surface area contributed by atoms with E-state index in [2.05, 4.69) is 20.1 Å². The lowest BCUT2D eigenvalue weighted by atomic mass is 10.1. The smallest absolute Gasteiger partial charge is 0.324 e. The molecule has 1 N–H and O–H groups in total. The predicted octanol–water partition coefficient (Wildman–Crippen LogP) is 2.97. The number of nitrogens with one attached hydrogen (secondary N) is 1. The monoisotopic (exact) mass is 457 g/mol. The molecule has 1 heterocycles. The Morgan fingerprint density at radius 1 is 1.03 bits per heavy atom. The lowest BCUT2D eigenvalue weighted by Gasteiger charge is -2.26. The number of nitrogens with zero attached hydrogens (tertiary/aromatic N) is 4. The van der Waals surface area contributed by atoms with Crippen LogP contribution in [0.2, 0.25) is 0 Å². The molecule has 0 saturated heterocycles. The summed E-state index contributed by atoms with van der Waals surface area (Å²) in [5.41, 5.74) is 0.650. The second kappa shape index (κ2) is 9.17. The van der Waals surface area contributed by atoms with E-state index in [1.165, 1.54) is 16.9 Å².